The molecule has 1 amide bonds. The Morgan fingerprint density at radius 1 is 1.22 bits per heavy atom. The number of tetrazole rings is 1. The van der Waals surface area contributed by atoms with E-state index in [1.165, 1.54) is 13.3 Å². The van der Waals surface area contributed by atoms with Gasteiger partial charge in [-0.05, 0) is 35.5 Å². The number of nitrogens with one attached hydrogen (secondary N) is 3. The fourth-order valence-corrected chi connectivity index (χ4v) is 2.30. The van der Waals surface area contributed by atoms with Gasteiger partial charge in [0.15, 0.2) is 0 Å². The van der Waals surface area contributed by atoms with Gasteiger partial charge < -0.3 is 15.4 Å². The summed E-state index contributed by atoms with van der Waals surface area (Å²) in [5.74, 6) is 0.390. The molecule has 1 heterocycles. The van der Waals surface area contributed by atoms with E-state index in [2.05, 4.69) is 31.3 Å². The lowest BCUT2D eigenvalue weighted by Gasteiger charge is -2.10. The molecule has 0 aliphatic heterocycles. The molecule has 9 heteroatoms. The van der Waals surface area contributed by atoms with Crippen LogP contribution in [-0.4, -0.2) is 33.6 Å². The number of carbonyl (C=O) groups excluding carboxylic acids is 1. The Morgan fingerprint density at radius 3 is 2.78 bits per heavy atom. The van der Waals surface area contributed by atoms with Gasteiger partial charge in [-0.2, -0.15) is 10.5 Å². The van der Waals surface area contributed by atoms with Gasteiger partial charge in [-0.25, -0.2) is 0 Å². The number of carbonyl (C=O) groups is 1. The van der Waals surface area contributed by atoms with Crippen molar-refractivity contribution in [1.82, 2.24) is 20.6 Å². The maximum Gasteiger partial charge on any atom is 0.259 e. The number of aromatic amines is 1. The van der Waals surface area contributed by atoms with Gasteiger partial charge in [0.05, 0.1) is 12.7 Å². The molecule has 27 heavy (non-hydrogen) atoms. The van der Waals surface area contributed by atoms with Crippen LogP contribution in [0.4, 0.5) is 11.4 Å². The molecule has 0 aliphatic rings. The number of hydrogen-bond donors (Lipinski definition) is 3. The molecule has 0 radical (unpaired) electrons. The quantitative estimate of drug-likeness (QED) is 0.575. The highest BCUT2D eigenvalue weighted by atomic mass is 16.5. The van der Waals surface area contributed by atoms with Gasteiger partial charge in [0, 0.05) is 17.6 Å². The zero-order valence-electron chi connectivity index (χ0n) is 14.3. The maximum atomic E-state index is 12.5. The lowest BCUT2D eigenvalue weighted by Crippen LogP contribution is -2.13. The first-order valence-corrected chi connectivity index (χ1v) is 7.86. The number of hydrogen-bond acceptors (Lipinski definition) is 7. The van der Waals surface area contributed by atoms with E-state index in [0.717, 1.165) is 0 Å². The minimum absolute atomic E-state index is 0.186. The number of para-hydroxylation sites is 1. The molecular weight excluding hydrogens is 346 g/mol. The molecule has 0 aliphatic carbocycles. The van der Waals surface area contributed by atoms with Crippen LogP contribution in [0, 0.1) is 11.3 Å². The largest absolute Gasteiger partial charge is 0.496 e. The molecule has 0 unspecified atom stereocenters. The molecule has 0 fully saturated rings. The van der Waals surface area contributed by atoms with Crippen molar-refractivity contribution in [3.8, 4) is 11.8 Å². The van der Waals surface area contributed by atoms with Gasteiger partial charge in [0.25, 0.3) is 5.91 Å². The molecule has 0 spiro atoms. The van der Waals surface area contributed by atoms with Crippen LogP contribution in [0.5, 0.6) is 5.75 Å². The Hall–Kier alpha value is -4.19. The van der Waals surface area contributed by atoms with Crippen LogP contribution in [-0.2, 0) is 0 Å². The molecule has 3 rings (SSSR count). The Morgan fingerprint density at radius 2 is 2.04 bits per heavy atom. The van der Waals surface area contributed by atoms with Crippen LogP contribution in [0.15, 0.2) is 54.7 Å². The smallest absolute Gasteiger partial charge is 0.259 e. The van der Waals surface area contributed by atoms with E-state index < -0.39 is 0 Å². The highest BCUT2D eigenvalue weighted by Gasteiger charge is 2.12. The monoisotopic (exact) mass is 361 g/mol. The third-order valence-corrected chi connectivity index (χ3v) is 3.56. The lowest BCUT2D eigenvalue weighted by atomic mass is 10.2. The fourth-order valence-electron chi connectivity index (χ4n) is 2.30. The standard InChI is InChI=1S/C18H15N7O2/c1-27-16-8-3-2-7-15(16)18(26)21-14-6-4-5-13(9-14)20-11-12(10-19)17-22-24-25-23-17/h2-9,11,20H,1H3,(H,21,26)(H,22,23,24,25). The first-order chi connectivity index (χ1) is 13.2. The highest BCUT2D eigenvalue weighted by Crippen LogP contribution is 2.21. The van der Waals surface area contributed by atoms with E-state index in [-0.39, 0.29) is 17.3 Å². The van der Waals surface area contributed by atoms with Crippen LogP contribution in [0.2, 0.25) is 0 Å². The number of methoxy groups -OCH3 is 1. The maximum absolute atomic E-state index is 12.5. The molecule has 0 atom stereocenters. The molecule has 0 saturated heterocycles. The van der Waals surface area contributed by atoms with Crippen molar-refractivity contribution in [2.24, 2.45) is 0 Å². The number of allylic oxidation sites excluding steroid dienone is 1. The van der Waals surface area contributed by atoms with Crippen molar-refractivity contribution in [3.05, 3.63) is 66.1 Å². The summed E-state index contributed by atoms with van der Waals surface area (Å²) in [5, 5.41) is 28.2. The number of benzene rings is 2. The minimum atomic E-state index is -0.287. The Kier molecular flexibility index (Phi) is 5.39. The first kappa shape index (κ1) is 17.6. The van der Waals surface area contributed by atoms with E-state index in [1.54, 1.807) is 48.5 Å². The molecule has 2 aromatic carbocycles. The molecule has 0 bridgehead atoms. The summed E-state index contributed by atoms with van der Waals surface area (Å²) in [6, 6.07) is 16.0. The van der Waals surface area contributed by atoms with Gasteiger partial charge >= 0.3 is 0 Å². The second-order valence-electron chi connectivity index (χ2n) is 5.28. The predicted octanol–water partition coefficient (Wildman–Crippen LogP) is 2.44. The second kappa shape index (κ2) is 8.26. The van der Waals surface area contributed by atoms with Gasteiger partial charge in [0.1, 0.15) is 17.4 Å². The van der Waals surface area contributed by atoms with Crippen molar-refractivity contribution in [1.29, 1.82) is 5.26 Å². The van der Waals surface area contributed by atoms with Gasteiger partial charge in [-0.3, -0.25) is 4.79 Å². The van der Waals surface area contributed by atoms with Crippen molar-refractivity contribution in [3.63, 3.8) is 0 Å². The van der Waals surface area contributed by atoms with Crippen LogP contribution in [0.25, 0.3) is 5.57 Å². The second-order valence-corrected chi connectivity index (χ2v) is 5.28. The lowest BCUT2D eigenvalue weighted by molar-refractivity contribution is 0.102. The van der Waals surface area contributed by atoms with Crippen molar-refractivity contribution < 1.29 is 9.53 Å². The summed E-state index contributed by atoms with van der Waals surface area (Å²) in [6.45, 7) is 0. The van der Waals surface area contributed by atoms with Gasteiger partial charge in [0.2, 0.25) is 5.82 Å². The number of rotatable bonds is 6. The van der Waals surface area contributed by atoms with Crippen LogP contribution >= 0.6 is 0 Å². The fraction of sp³-hybridized carbons (Fsp3) is 0.0556. The van der Waals surface area contributed by atoms with Gasteiger partial charge in [-0.15, -0.1) is 10.2 Å². The average Bonchev–Trinajstić information content (AvgIpc) is 3.23. The summed E-state index contributed by atoms with van der Waals surface area (Å²) < 4.78 is 5.21. The third-order valence-electron chi connectivity index (χ3n) is 3.56. The Labute approximate surface area is 154 Å². The number of amides is 1. The third kappa shape index (κ3) is 4.26. The molecule has 3 aromatic rings. The first-order valence-electron chi connectivity index (χ1n) is 7.86. The molecule has 0 saturated carbocycles. The number of H-pyrrole nitrogens is 1. The molecule has 134 valence electrons. The normalized spacial score (nSPS) is 10.7. The van der Waals surface area contributed by atoms with Crippen molar-refractivity contribution in [2.45, 2.75) is 0 Å². The van der Waals surface area contributed by atoms with E-state index in [9.17, 15) is 10.1 Å². The van der Waals surface area contributed by atoms with E-state index >= 15 is 0 Å². The summed E-state index contributed by atoms with van der Waals surface area (Å²) in [5.41, 5.74) is 1.90. The van der Waals surface area contributed by atoms with E-state index in [1.807, 2.05) is 6.07 Å². The Balaban J connectivity index is 1.74. The number of ether oxygens (including phenoxy) is 1. The summed E-state index contributed by atoms with van der Waals surface area (Å²) in [7, 11) is 1.51. The van der Waals surface area contributed by atoms with Gasteiger partial charge in [-0.1, -0.05) is 18.2 Å². The van der Waals surface area contributed by atoms with Crippen LogP contribution in [0.3, 0.4) is 0 Å². The SMILES string of the molecule is COc1ccccc1C(=O)Nc1cccc(NC=C(C#N)c2nn[nH]n2)c1. The zero-order chi connectivity index (χ0) is 19.1. The predicted molar refractivity (Wildman–Crippen MR) is 98.8 cm³/mol. The van der Waals surface area contributed by atoms with Crippen molar-refractivity contribution >= 4 is 22.9 Å². The summed E-state index contributed by atoms with van der Waals surface area (Å²) in [4.78, 5) is 12.5. The number of nitrogens with zero attached hydrogens (tertiary/aromatic N) is 4. The number of anilines is 2. The molecule has 1 aromatic heterocycles. The summed E-state index contributed by atoms with van der Waals surface area (Å²) in [6.07, 6.45) is 1.46. The summed E-state index contributed by atoms with van der Waals surface area (Å²) >= 11 is 0. The minimum Gasteiger partial charge on any atom is -0.496 e. The number of aromatic nitrogens is 4. The topological polar surface area (TPSA) is 129 Å². The van der Waals surface area contributed by atoms with Crippen molar-refractivity contribution in [2.75, 3.05) is 17.7 Å². The Bertz CT molecular complexity index is 1010. The average molecular weight is 361 g/mol. The molecule has 9 nitrogen and oxygen atoms in total. The van der Waals surface area contributed by atoms with E-state index in [4.69, 9.17) is 4.74 Å². The molecular formula is C18H15N7O2. The zero-order valence-corrected chi connectivity index (χ0v) is 14.3. The number of nitriles is 1. The van der Waals surface area contributed by atoms with Crippen LogP contribution < -0.4 is 15.4 Å². The van der Waals surface area contributed by atoms with E-state index in [0.29, 0.717) is 22.7 Å². The molecule has 3 N–H and O–H groups in total. The van der Waals surface area contributed by atoms with Crippen LogP contribution in [0.1, 0.15) is 16.2 Å². The highest BCUT2D eigenvalue weighted by molar-refractivity contribution is 6.06.